The fourth-order valence-corrected chi connectivity index (χ4v) is 7.92. The highest BCUT2D eigenvalue weighted by atomic mass is 35.5. The van der Waals surface area contributed by atoms with Crippen molar-refractivity contribution in [1.29, 1.82) is 0 Å². The highest BCUT2D eigenvalue weighted by Crippen LogP contribution is 2.36. The standard InChI is InChI=1S/C38H41Cl2N3O6S/c1-48-30-19-21-36(49-2)34(24-30)43(50(46,47)31-16-10-5-11-17-31)26-37(44)42(25-28-18-20-32(39)33(40)22-28)35(23-27-12-6-3-7-13-27)38(45)41-29-14-8-4-9-15-29/h3,5-7,10-13,16-22,24,29,35H,4,8-9,14-15,23,25-26H2,1-2H3,(H,41,45)/t35-/m0/s1. The molecule has 1 fully saturated rings. The zero-order valence-corrected chi connectivity index (χ0v) is 30.4. The minimum absolute atomic E-state index is 0.0209. The molecule has 0 unspecified atom stereocenters. The molecular weight excluding hydrogens is 697 g/mol. The highest BCUT2D eigenvalue weighted by Gasteiger charge is 2.36. The number of nitrogens with one attached hydrogen (secondary N) is 1. The Kier molecular flexibility index (Phi) is 12.7. The van der Waals surface area contributed by atoms with E-state index in [4.69, 9.17) is 32.7 Å². The first kappa shape index (κ1) is 37.0. The topological polar surface area (TPSA) is 105 Å². The van der Waals surface area contributed by atoms with Crippen LogP contribution in [0.1, 0.15) is 43.2 Å². The van der Waals surface area contributed by atoms with E-state index in [1.807, 2.05) is 30.3 Å². The molecule has 1 N–H and O–H groups in total. The van der Waals surface area contributed by atoms with Crippen molar-refractivity contribution in [1.82, 2.24) is 10.2 Å². The van der Waals surface area contributed by atoms with E-state index in [1.54, 1.807) is 48.5 Å². The summed E-state index contributed by atoms with van der Waals surface area (Å²) in [6.45, 7) is -0.691. The Hall–Kier alpha value is -4.25. The van der Waals surface area contributed by atoms with Crippen LogP contribution in [-0.2, 0) is 32.6 Å². The van der Waals surface area contributed by atoms with Crippen molar-refractivity contribution in [3.63, 3.8) is 0 Å². The number of anilines is 1. The van der Waals surface area contributed by atoms with Crippen LogP contribution in [0.15, 0.2) is 102 Å². The summed E-state index contributed by atoms with van der Waals surface area (Å²) >= 11 is 12.6. The molecule has 4 aromatic carbocycles. The summed E-state index contributed by atoms with van der Waals surface area (Å²) < 4.78 is 40.8. The van der Waals surface area contributed by atoms with Gasteiger partial charge >= 0.3 is 0 Å². The molecule has 0 saturated heterocycles. The van der Waals surface area contributed by atoms with E-state index in [1.165, 1.54) is 37.3 Å². The molecule has 0 spiro atoms. The number of nitrogens with zero attached hydrogens (tertiary/aromatic N) is 2. The van der Waals surface area contributed by atoms with E-state index in [-0.39, 0.29) is 46.3 Å². The van der Waals surface area contributed by atoms with Gasteiger partial charge in [0.25, 0.3) is 10.0 Å². The summed E-state index contributed by atoms with van der Waals surface area (Å²) in [7, 11) is -1.46. The van der Waals surface area contributed by atoms with Crippen molar-refractivity contribution in [2.24, 2.45) is 0 Å². The molecule has 1 saturated carbocycles. The smallest absolute Gasteiger partial charge is 0.264 e. The first-order chi connectivity index (χ1) is 24.1. The first-order valence-corrected chi connectivity index (χ1v) is 18.7. The summed E-state index contributed by atoms with van der Waals surface area (Å²) in [6.07, 6.45) is 5.03. The molecule has 4 aromatic rings. The lowest BCUT2D eigenvalue weighted by Crippen LogP contribution is -2.55. The van der Waals surface area contributed by atoms with Gasteiger partial charge < -0.3 is 19.7 Å². The van der Waals surface area contributed by atoms with E-state index in [2.05, 4.69) is 5.32 Å². The second-order valence-corrected chi connectivity index (χ2v) is 14.9. The van der Waals surface area contributed by atoms with E-state index in [9.17, 15) is 18.0 Å². The van der Waals surface area contributed by atoms with Gasteiger partial charge in [-0.15, -0.1) is 0 Å². The minimum atomic E-state index is -4.34. The van der Waals surface area contributed by atoms with Crippen LogP contribution >= 0.6 is 23.2 Å². The van der Waals surface area contributed by atoms with Crippen LogP contribution in [0.25, 0.3) is 0 Å². The maximum Gasteiger partial charge on any atom is 0.264 e. The number of benzene rings is 4. The summed E-state index contributed by atoms with van der Waals surface area (Å²) in [5, 5.41) is 3.84. The van der Waals surface area contributed by atoms with Crippen LogP contribution in [0, 0.1) is 0 Å². The lowest BCUT2D eigenvalue weighted by Gasteiger charge is -2.35. The van der Waals surface area contributed by atoms with Gasteiger partial charge in [-0.2, -0.15) is 0 Å². The summed E-state index contributed by atoms with van der Waals surface area (Å²) in [5.41, 5.74) is 1.56. The third-order valence-electron chi connectivity index (χ3n) is 8.82. The number of amides is 2. The number of carbonyl (C=O) groups is 2. The van der Waals surface area contributed by atoms with Gasteiger partial charge in [0.15, 0.2) is 0 Å². The largest absolute Gasteiger partial charge is 0.497 e. The van der Waals surface area contributed by atoms with Crippen molar-refractivity contribution in [3.05, 3.63) is 118 Å². The lowest BCUT2D eigenvalue weighted by molar-refractivity contribution is -0.140. The predicted molar refractivity (Wildman–Crippen MR) is 196 cm³/mol. The summed E-state index contributed by atoms with van der Waals surface area (Å²) in [4.78, 5) is 30.6. The zero-order valence-electron chi connectivity index (χ0n) is 28.1. The lowest BCUT2D eigenvalue weighted by atomic mass is 9.94. The molecule has 1 aliphatic rings. The first-order valence-electron chi connectivity index (χ1n) is 16.5. The van der Waals surface area contributed by atoms with Crippen LogP contribution in [0.4, 0.5) is 5.69 Å². The molecule has 9 nitrogen and oxygen atoms in total. The van der Waals surface area contributed by atoms with E-state index in [0.717, 1.165) is 42.0 Å². The van der Waals surface area contributed by atoms with Crippen molar-refractivity contribution in [3.8, 4) is 11.5 Å². The SMILES string of the molecule is COc1ccc(OC)c(N(CC(=O)N(Cc2ccc(Cl)c(Cl)c2)[C@@H](Cc2ccccc2)C(=O)NC2CCCCC2)S(=O)(=O)c2ccccc2)c1. The van der Waals surface area contributed by atoms with Gasteiger partial charge in [0.05, 0.1) is 34.8 Å². The number of hydrogen-bond donors (Lipinski definition) is 1. The molecular formula is C38H41Cl2N3O6S. The second kappa shape index (κ2) is 17.1. The third-order valence-corrected chi connectivity index (χ3v) is 11.3. The fraction of sp³-hybridized carbons (Fsp3) is 0.316. The Morgan fingerprint density at radius 1 is 0.820 bits per heavy atom. The Morgan fingerprint density at radius 3 is 2.14 bits per heavy atom. The maximum atomic E-state index is 14.9. The van der Waals surface area contributed by atoms with Crippen molar-refractivity contribution in [2.45, 2.75) is 62.0 Å². The molecule has 50 heavy (non-hydrogen) atoms. The number of halogens is 2. The average molecular weight is 739 g/mol. The number of carbonyl (C=O) groups excluding carboxylic acids is 2. The number of rotatable bonds is 14. The van der Waals surface area contributed by atoms with Gasteiger partial charge in [-0.1, -0.05) is 97.1 Å². The predicted octanol–water partition coefficient (Wildman–Crippen LogP) is 7.29. The maximum absolute atomic E-state index is 14.9. The highest BCUT2D eigenvalue weighted by molar-refractivity contribution is 7.92. The summed E-state index contributed by atoms with van der Waals surface area (Å²) in [6, 6.07) is 26.0. The second-order valence-electron chi connectivity index (χ2n) is 12.2. The minimum Gasteiger partial charge on any atom is -0.497 e. The Bertz CT molecular complexity index is 1870. The molecule has 2 amide bonds. The quantitative estimate of drug-likeness (QED) is 0.146. The number of methoxy groups -OCH3 is 2. The van der Waals surface area contributed by atoms with Gasteiger partial charge in [0.1, 0.15) is 24.1 Å². The van der Waals surface area contributed by atoms with E-state index in [0.29, 0.717) is 16.3 Å². The van der Waals surface area contributed by atoms with Crippen molar-refractivity contribution < 1.29 is 27.5 Å². The van der Waals surface area contributed by atoms with Crippen LogP contribution in [0.5, 0.6) is 11.5 Å². The van der Waals surface area contributed by atoms with E-state index < -0.39 is 28.5 Å². The van der Waals surface area contributed by atoms with Crippen molar-refractivity contribution >= 4 is 50.7 Å². The average Bonchev–Trinajstić information content (AvgIpc) is 3.14. The van der Waals surface area contributed by atoms with Gasteiger partial charge in [0.2, 0.25) is 11.8 Å². The fourth-order valence-electron chi connectivity index (χ4n) is 6.16. The van der Waals surface area contributed by atoms with Gasteiger partial charge in [-0.3, -0.25) is 13.9 Å². The Balaban J connectivity index is 1.62. The van der Waals surface area contributed by atoms with Gasteiger partial charge in [-0.25, -0.2) is 8.42 Å². The molecule has 5 rings (SSSR count). The van der Waals surface area contributed by atoms with Crippen molar-refractivity contribution in [2.75, 3.05) is 25.1 Å². The number of hydrogen-bond acceptors (Lipinski definition) is 6. The van der Waals surface area contributed by atoms with Gasteiger partial charge in [0, 0.05) is 25.1 Å². The molecule has 12 heteroatoms. The van der Waals surface area contributed by atoms with Crippen LogP contribution < -0.4 is 19.1 Å². The molecule has 0 radical (unpaired) electrons. The number of ether oxygens (including phenoxy) is 2. The molecule has 0 aromatic heterocycles. The molecule has 264 valence electrons. The van der Waals surface area contributed by atoms with Crippen LogP contribution in [-0.4, -0.2) is 58.0 Å². The Morgan fingerprint density at radius 2 is 1.50 bits per heavy atom. The Labute approximate surface area is 304 Å². The monoisotopic (exact) mass is 737 g/mol. The van der Waals surface area contributed by atoms with Crippen LogP contribution in [0.3, 0.4) is 0 Å². The zero-order chi connectivity index (χ0) is 35.7. The van der Waals surface area contributed by atoms with Gasteiger partial charge in [-0.05, 0) is 60.4 Å². The molecule has 0 bridgehead atoms. The molecule has 1 atom stereocenters. The molecule has 0 aliphatic heterocycles. The molecule has 0 heterocycles. The summed E-state index contributed by atoms with van der Waals surface area (Å²) in [5.74, 6) is -0.348. The normalized spacial score (nSPS) is 14.0. The third kappa shape index (κ3) is 9.10. The number of sulfonamides is 1. The van der Waals surface area contributed by atoms with Crippen LogP contribution in [0.2, 0.25) is 10.0 Å². The molecule has 1 aliphatic carbocycles. The van der Waals surface area contributed by atoms with E-state index >= 15 is 0 Å².